The fourth-order valence-corrected chi connectivity index (χ4v) is 2.51. The molecule has 1 atom stereocenters. The van der Waals surface area contributed by atoms with Gasteiger partial charge in [-0.25, -0.2) is 4.98 Å². The topological polar surface area (TPSA) is 42.1 Å². The summed E-state index contributed by atoms with van der Waals surface area (Å²) in [7, 11) is 0. The molecule has 1 aromatic heterocycles. The van der Waals surface area contributed by atoms with E-state index in [1.165, 1.54) is 6.42 Å². The second-order valence-corrected chi connectivity index (χ2v) is 6.51. The number of hydrogen-bond acceptors (Lipinski definition) is 3. The van der Waals surface area contributed by atoms with Crippen LogP contribution in [-0.4, -0.2) is 23.1 Å². The molecule has 1 saturated heterocycles. The highest BCUT2D eigenvalue weighted by molar-refractivity contribution is 7.80. The predicted molar refractivity (Wildman–Crippen MR) is 79.9 cm³/mol. The Morgan fingerprint density at radius 1 is 1.44 bits per heavy atom. The van der Waals surface area contributed by atoms with Crippen molar-refractivity contribution >= 4 is 23.0 Å². The third kappa shape index (κ3) is 2.80. The van der Waals surface area contributed by atoms with Gasteiger partial charge in [0, 0.05) is 24.8 Å². The molecule has 1 unspecified atom stereocenters. The normalized spacial score (nSPS) is 20.2. The van der Waals surface area contributed by atoms with E-state index >= 15 is 0 Å². The monoisotopic (exact) mass is 263 g/mol. The van der Waals surface area contributed by atoms with Crippen LogP contribution in [0.2, 0.25) is 0 Å². The van der Waals surface area contributed by atoms with Crippen LogP contribution in [0.4, 0.5) is 5.82 Å². The van der Waals surface area contributed by atoms with E-state index in [4.69, 9.17) is 18.0 Å². The molecule has 18 heavy (non-hydrogen) atoms. The molecule has 0 amide bonds. The molecular formula is C14H21N3S. The fraction of sp³-hybridized carbons (Fsp3) is 0.571. The number of anilines is 1. The molecule has 1 aliphatic heterocycles. The van der Waals surface area contributed by atoms with Gasteiger partial charge in [-0.05, 0) is 29.9 Å². The first-order valence-electron chi connectivity index (χ1n) is 6.39. The third-order valence-electron chi connectivity index (χ3n) is 3.77. The van der Waals surface area contributed by atoms with Gasteiger partial charge < -0.3 is 10.6 Å². The Morgan fingerprint density at radius 2 is 2.17 bits per heavy atom. The van der Waals surface area contributed by atoms with Gasteiger partial charge in [-0.15, -0.1) is 0 Å². The minimum absolute atomic E-state index is 0.369. The lowest BCUT2D eigenvalue weighted by atomic mass is 9.80. The van der Waals surface area contributed by atoms with Crippen LogP contribution < -0.4 is 10.6 Å². The number of nitrogens with zero attached hydrogens (tertiary/aromatic N) is 2. The Kier molecular flexibility index (Phi) is 3.57. The zero-order valence-electron chi connectivity index (χ0n) is 11.3. The quantitative estimate of drug-likeness (QED) is 0.833. The van der Waals surface area contributed by atoms with Crippen molar-refractivity contribution < 1.29 is 0 Å². The molecule has 2 heterocycles. The summed E-state index contributed by atoms with van der Waals surface area (Å²) in [6, 6.07) is 3.97. The zero-order chi connectivity index (χ0) is 13.3. The van der Waals surface area contributed by atoms with Crippen molar-refractivity contribution in [3.63, 3.8) is 0 Å². The third-order valence-corrected chi connectivity index (χ3v) is 4.01. The largest absolute Gasteiger partial charge is 0.389 e. The molecule has 98 valence electrons. The minimum atomic E-state index is 0.369. The summed E-state index contributed by atoms with van der Waals surface area (Å²) in [6.45, 7) is 9.10. The van der Waals surface area contributed by atoms with Gasteiger partial charge in [0.05, 0.1) is 0 Å². The number of pyridine rings is 1. The molecule has 1 aromatic rings. The molecule has 0 aliphatic carbocycles. The molecule has 0 spiro atoms. The maximum Gasteiger partial charge on any atom is 0.128 e. The van der Waals surface area contributed by atoms with Gasteiger partial charge >= 0.3 is 0 Å². The SMILES string of the molecule is CC(C)(C)C1CCN(c2ccc(C(N)=S)cn2)C1. The van der Waals surface area contributed by atoms with Crippen molar-refractivity contribution in [2.75, 3.05) is 18.0 Å². The van der Waals surface area contributed by atoms with Crippen LogP contribution in [0.15, 0.2) is 18.3 Å². The van der Waals surface area contributed by atoms with Crippen molar-refractivity contribution in [1.29, 1.82) is 0 Å². The van der Waals surface area contributed by atoms with E-state index in [1.54, 1.807) is 6.20 Å². The molecule has 0 saturated carbocycles. The van der Waals surface area contributed by atoms with Crippen molar-refractivity contribution in [2.45, 2.75) is 27.2 Å². The summed E-state index contributed by atoms with van der Waals surface area (Å²) < 4.78 is 0. The number of thiocarbonyl (C=S) groups is 1. The molecule has 2 rings (SSSR count). The summed E-state index contributed by atoms with van der Waals surface area (Å²) in [5, 5.41) is 0. The molecule has 3 nitrogen and oxygen atoms in total. The van der Waals surface area contributed by atoms with Gasteiger partial charge in [0.1, 0.15) is 10.8 Å². The zero-order valence-corrected chi connectivity index (χ0v) is 12.1. The molecule has 1 fully saturated rings. The second-order valence-electron chi connectivity index (χ2n) is 6.07. The van der Waals surface area contributed by atoms with Gasteiger partial charge in [-0.2, -0.15) is 0 Å². The highest BCUT2D eigenvalue weighted by atomic mass is 32.1. The van der Waals surface area contributed by atoms with Crippen LogP contribution in [-0.2, 0) is 0 Å². The standard InChI is InChI=1S/C14H21N3S/c1-14(2,3)11-6-7-17(9-11)12-5-4-10(8-16-12)13(15)18/h4-5,8,11H,6-7,9H2,1-3H3,(H2,15,18). The molecule has 4 heteroatoms. The Balaban J connectivity index is 2.08. The van der Waals surface area contributed by atoms with E-state index in [2.05, 4.69) is 30.7 Å². The number of rotatable bonds is 2. The Bertz CT molecular complexity index is 433. The van der Waals surface area contributed by atoms with E-state index in [-0.39, 0.29) is 0 Å². The van der Waals surface area contributed by atoms with Crippen LogP contribution in [0, 0.1) is 11.3 Å². The molecule has 2 N–H and O–H groups in total. The highest BCUT2D eigenvalue weighted by Gasteiger charge is 2.32. The number of aromatic nitrogens is 1. The minimum Gasteiger partial charge on any atom is -0.389 e. The lowest BCUT2D eigenvalue weighted by Gasteiger charge is -2.27. The lowest BCUT2D eigenvalue weighted by Crippen LogP contribution is -2.26. The smallest absolute Gasteiger partial charge is 0.128 e. The Hall–Kier alpha value is -1.16. The van der Waals surface area contributed by atoms with Crippen molar-refractivity contribution in [3.8, 4) is 0 Å². The van der Waals surface area contributed by atoms with Crippen molar-refractivity contribution in [1.82, 2.24) is 4.98 Å². The summed E-state index contributed by atoms with van der Waals surface area (Å²) in [5.41, 5.74) is 6.78. The van der Waals surface area contributed by atoms with Gasteiger partial charge in [0.15, 0.2) is 0 Å². The van der Waals surface area contributed by atoms with Gasteiger partial charge in [-0.3, -0.25) is 0 Å². The van der Waals surface area contributed by atoms with Gasteiger partial charge in [0.2, 0.25) is 0 Å². The predicted octanol–water partition coefficient (Wildman–Crippen LogP) is 2.59. The van der Waals surface area contributed by atoms with E-state index in [9.17, 15) is 0 Å². The summed E-state index contributed by atoms with van der Waals surface area (Å²) in [6.07, 6.45) is 3.00. The summed E-state index contributed by atoms with van der Waals surface area (Å²) >= 11 is 4.93. The first kappa shape index (κ1) is 13.3. The van der Waals surface area contributed by atoms with Crippen LogP contribution in [0.3, 0.4) is 0 Å². The number of nitrogens with two attached hydrogens (primary N) is 1. The Morgan fingerprint density at radius 3 is 2.61 bits per heavy atom. The van der Waals surface area contributed by atoms with E-state index in [0.717, 1.165) is 30.4 Å². The summed E-state index contributed by atoms with van der Waals surface area (Å²) in [4.78, 5) is 7.21. The van der Waals surface area contributed by atoms with Crippen LogP contribution in [0.5, 0.6) is 0 Å². The van der Waals surface area contributed by atoms with Crippen LogP contribution >= 0.6 is 12.2 Å². The average Bonchev–Trinajstić information content (AvgIpc) is 2.78. The first-order chi connectivity index (χ1) is 8.38. The van der Waals surface area contributed by atoms with Crippen molar-refractivity contribution in [2.24, 2.45) is 17.1 Å². The van der Waals surface area contributed by atoms with E-state index in [0.29, 0.717) is 10.4 Å². The molecule has 0 bridgehead atoms. The fourth-order valence-electron chi connectivity index (χ4n) is 2.39. The molecule has 0 radical (unpaired) electrons. The molecule has 1 aliphatic rings. The number of hydrogen-bond donors (Lipinski definition) is 1. The van der Waals surface area contributed by atoms with Crippen LogP contribution in [0.25, 0.3) is 0 Å². The van der Waals surface area contributed by atoms with Crippen molar-refractivity contribution in [3.05, 3.63) is 23.9 Å². The maximum atomic E-state index is 5.57. The maximum absolute atomic E-state index is 5.57. The molecule has 0 aromatic carbocycles. The Labute approximate surface area is 114 Å². The molecular weight excluding hydrogens is 242 g/mol. The average molecular weight is 263 g/mol. The van der Waals surface area contributed by atoms with Crippen LogP contribution in [0.1, 0.15) is 32.8 Å². The van der Waals surface area contributed by atoms with Gasteiger partial charge in [0.25, 0.3) is 0 Å². The van der Waals surface area contributed by atoms with E-state index < -0.39 is 0 Å². The lowest BCUT2D eigenvalue weighted by molar-refractivity contribution is 0.263. The summed E-state index contributed by atoms with van der Waals surface area (Å²) in [5.74, 6) is 1.76. The highest BCUT2D eigenvalue weighted by Crippen LogP contribution is 2.34. The second kappa shape index (κ2) is 4.84. The van der Waals surface area contributed by atoms with E-state index in [1.807, 2.05) is 12.1 Å². The van der Waals surface area contributed by atoms with Gasteiger partial charge in [-0.1, -0.05) is 33.0 Å². The first-order valence-corrected chi connectivity index (χ1v) is 6.79.